The molecule has 1 aliphatic heterocycles. The van der Waals surface area contributed by atoms with Crippen LogP contribution in [0.25, 0.3) is 10.9 Å². The van der Waals surface area contributed by atoms with Gasteiger partial charge in [-0.1, -0.05) is 18.6 Å². The fraction of sp³-hybridized carbons (Fsp3) is 0.360. The second-order valence-corrected chi connectivity index (χ2v) is 8.21. The summed E-state index contributed by atoms with van der Waals surface area (Å²) in [5.74, 6) is -0.0940. The second kappa shape index (κ2) is 8.44. The Morgan fingerprint density at radius 1 is 1.00 bits per heavy atom. The van der Waals surface area contributed by atoms with Crippen molar-refractivity contribution < 1.29 is 4.79 Å². The van der Waals surface area contributed by atoms with E-state index in [0.29, 0.717) is 5.56 Å². The topological polar surface area (TPSA) is 48.5 Å². The summed E-state index contributed by atoms with van der Waals surface area (Å²) in [4.78, 5) is 22.6. The Morgan fingerprint density at radius 3 is 2.47 bits per heavy atom. The van der Waals surface area contributed by atoms with Gasteiger partial charge in [-0.25, -0.2) is 0 Å². The smallest absolute Gasteiger partial charge is 0.256 e. The van der Waals surface area contributed by atoms with Crippen LogP contribution in [0.3, 0.4) is 0 Å². The van der Waals surface area contributed by atoms with Crippen LogP contribution in [0.1, 0.15) is 34.1 Å². The van der Waals surface area contributed by atoms with Crippen LogP contribution in [0.4, 0.5) is 11.4 Å². The molecule has 2 heterocycles. The first-order chi connectivity index (χ1) is 14.4. The molecule has 1 N–H and O–H groups in total. The number of carbonyl (C=O) groups excluding carboxylic acids is 1. The molecule has 1 fully saturated rings. The summed E-state index contributed by atoms with van der Waals surface area (Å²) >= 11 is 0. The monoisotopic (exact) mass is 402 g/mol. The Labute approximate surface area is 178 Å². The number of benzene rings is 2. The number of anilines is 2. The van der Waals surface area contributed by atoms with Crippen LogP contribution < -0.4 is 10.2 Å². The third-order valence-corrected chi connectivity index (χ3v) is 5.98. The SMILES string of the molecule is CCN1CCN(c2ccc(NC(=O)c3cc(C)nc4ccc(C)cc34)c(C)c2)CC1. The Bertz CT molecular complexity index is 1080. The average molecular weight is 403 g/mol. The van der Waals surface area contributed by atoms with Gasteiger partial charge in [0.1, 0.15) is 0 Å². The van der Waals surface area contributed by atoms with E-state index in [-0.39, 0.29) is 5.91 Å². The minimum atomic E-state index is -0.0940. The van der Waals surface area contributed by atoms with Gasteiger partial charge in [0.15, 0.2) is 0 Å². The number of piperazine rings is 1. The van der Waals surface area contributed by atoms with Crippen molar-refractivity contribution in [2.24, 2.45) is 0 Å². The minimum absolute atomic E-state index is 0.0940. The molecule has 0 bridgehead atoms. The van der Waals surface area contributed by atoms with Crippen LogP contribution in [0.2, 0.25) is 0 Å². The third-order valence-electron chi connectivity index (χ3n) is 5.98. The summed E-state index contributed by atoms with van der Waals surface area (Å²) in [6.07, 6.45) is 0. The molecule has 4 rings (SSSR count). The number of aromatic nitrogens is 1. The highest BCUT2D eigenvalue weighted by Gasteiger charge is 2.17. The van der Waals surface area contributed by atoms with E-state index in [1.807, 2.05) is 44.2 Å². The molecule has 30 heavy (non-hydrogen) atoms. The van der Waals surface area contributed by atoms with Crippen LogP contribution >= 0.6 is 0 Å². The van der Waals surface area contributed by atoms with Crippen molar-refractivity contribution >= 4 is 28.2 Å². The zero-order valence-corrected chi connectivity index (χ0v) is 18.3. The van der Waals surface area contributed by atoms with Gasteiger partial charge in [0.2, 0.25) is 0 Å². The van der Waals surface area contributed by atoms with Crippen LogP contribution in [-0.2, 0) is 0 Å². The summed E-state index contributed by atoms with van der Waals surface area (Å²) in [7, 11) is 0. The number of carbonyl (C=O) groups is 1. The predicted molar refractivity (Wildman–Crippen MR) is 125 cm³/mol. The van der Waals surface area contributed by atoms with Crippen LogP contribution in [0, 0.1) is 20.8 Å². The standard InChI is InChI=1S/C25H30N4O/c1-5-28-10-12-29(13-11-28)20-7-9-23(18(3)15-20)27-25(30)22-16-19(4)26-24-8-6-17(2)14-21(22)24/h6-9,14-16H,5,10-13H2,1-4H3,(H,27,30). The van der Waals surface area contributed by atoms with Crippen molar-refractivity contribution in [3.8, 4) is 0 Å². The molecule has 2 aromatic carbocycles. The first kappa shape index (κ1) is 20.4. The van der Waals surface area contributed by atoms with Crippen LogP contribution in [0.15, 0.2) is 42.5 Å². The average Bonchev–Trinajstić information content (AvgIpc) is 2.75. The number of nitrogens with zero attached hydrogens (tertiary/aromatic N) is 3. The number of rotatable bonds is 4. The molecule has 5 heteroatoms. The van der Waals surface area contributed by atoms with Crippen LogP contribution in [0.5, 0.6) is 0 Å². The summed E-state index contributed by atoms with van der Waals surface area (Å²) < 4.78 is 0. The lowest BCUT2D eigenvalue weighted by atomic mass is 10.0. The van der Waals surface area contributed by atoms with Gasteiger partial charge < -0.3 is 15.1 Å². The lowest BCUT2D eigenvalue weighted by Gasteiger charge is -2.35. The molecule has 0 aliphatic carbocycles. The number of fused-ring (bicyclic) bond motifs is 1. The predicted octanol–water partition coefficient (Wildman–Crippen LogP) is 4.55. The fourth-order valence-corrected chi connectivity index (χ4v) is 4.16. The van der Waals surface area contributed by atoms with E-state index in [4.69, 9.17) is 0 Å². The number of likely N-dealkylation sites (N-methyl/N-ethyl adjacent to an activating group) is 1. The highest BCUT2D eigenvalue weighted by molar-refractivity contribution is 6.12. The van der Waals surface area contributed by atoms with Crippen LogP contribution in [-0.4, -0.2) is 48.5 Å². The minimum Gasteiger partial charge on any atom is -0.369 e. The van der Waals surface area contributed by atoms with Gasteiger partial charge in [-0.3, -0.25) is 9.78 Å². The maximum atomic E-state index is 13.1. The summed E-state index contributed by atoms with van der Waals surface area (Å²) in [5.41, 5.74) is 6.63. The molecular formula is C25H30N4O. The molecule has 1 amide bonds. The molecule has 1 aliphatic rings. The largest absolute Gasteiger partial charge is 0.369 e. The first-order valence-corrected chi connectivity index (χ1v) is 10.7. The van der Waals surface area contributed by atoms with E-state index in [2.05, 4.69) is 46.1 Å². The maximum absolute atomic E-state index is 13.1. The van der Waals surface area contributed by atoms with Gasteiger partial charge in [0.05, 0.1) is 11.1 Å². The van der Waals surface area contributed by atoms with Gasteiger partial charge in [0.25, 0.3) is 5.91 Å². The van der Waals surface area contributed by atoms with Crippen molar-refractivity contribution in [3.05, 3.63) is 64.8 Å². The van der Waals surface area contributed by atoms with Crippen molar-refractivity contribution in [2.45, 2.75) is 27.7 Å². The Balaban J connectivity index is 1.56. The normalized spacial score (nSPS) is 14.9. The van der Waals surface area contributed by atoms with E-state index >= 15 is 0 Å². The lowest BCUT2D eigenvalue weighted by molar-refractivity contribution is 0.102. The Kier molecular flexibility index (Phi) is 5.73. The summed E-state index contributed by atoms with van der Waals surface area (Å²) in [6, 6.07) is 14.2. The van der Waals surface area contributed by atoms with Gasteiger partial charge in [-0.05, 0) is 69.3 Å². The van der Waals surface area contributed by atoms with Crippen molar-refractivity contribution in [1.82, 2.24) is 9.88 Å². The number of hydrogen-bond donors (Lipinski definition) is 1. The number of hydrogen-bond acceptors (Lipinski definition) is 4. The van der Waals surface area contributed by atoms with Crippen molar-refractivity contribution in [1.29, 1.82) is 0 Å². The number of amides is 1. The van der Waals surface area contributed by atoms with Crippen molar-refractivity contribution in [3.63, 3.8) is 0 Å². The van der Waals surface area contributed by atoms with Gasteiger partial charge >= 0.3 is 0 Å². The Morgan fingerprint density at radius 2 is 1.77 bits per heavy atom. The van der Waals surface area contributed by atoms with E-state index in [0.717, 1.165) is 66.1 Å². The van der Waals surface area contributed by atoms with E-state index in [1.165, 1.54) is 5.69 Å². The van der Waals surface area contributed by atoms with E-state index < -0.39 is 0 Å². The summed E-state index contributed by atoms with van der Waals surface area (Å²) in [6.45, 7) is 13.6. The molecule has 0 saturated carbocycles. The Hall–Kier alpha value is -2.92. The number of pyridine rings is 1. The molecule has 3 aromatic rings. The maximum Gasteiger partial charge on any atom is 0.256 e. The molecule has 0 atom stereocenters. The van der Waals surface area contributed by atoms with Gasteiger partial charge in [0, 0.05) is 48.6 Å². The van der Waals surface area contributed by atoms with Gasteiger partial charge in [-0.2, -0.15) is 0 Å². The number of nitrogens with one attached hydrogen (secondary N) is 1. The molecule has 0 radical (unpaired) electrons. The van der Waals surface area contributed by atoms with E-state index in [1.54, 1.807) is 0 Å². The fourth-order valence-electron chi connectivity index (χ4n) is 4.16. The highest BCUT2D eigenvalue weighted by Crippen LogP contribution is 2.26. The quantitative estimate of drug-likeness (QED) is 0.695. The molecule has 0 spiro atoms. The summed E-state index contributed by atoms with van der Waals surface area (Å²) in [5, 5.41) is 4.01. The third kappa shape index (κ3) is 4.17. The number of aryl methyl sites for hydroxylation is 3. The first-order valence-electron chi connectivity index (χ1n) is 10.7. The zero-order chi connectivity index (χ0) is 21.3. The molecule has 0 unspecified atom stereocenters. The molecular weight excluding hydrogens is 372 g/mol. The molecule has 5 nitrogen and oxygen atoms in total. The highest BCUT2D eigenvalue weighted by atomic mass is 16.1. The zero-order valence-electron chi connectivity index (χ0n) is 18.3. The van der Waals surface area contributed by atoms with Crippen molar-refractivity contribution in [2.75, 3.05) is 42.9 Å². The van der Waals surface area contributed by atoms with E-state index in [9.17, 15) is 4.79 Å². The molecule has 1 saturated heterocycles. The molecule has 1 aromatic heterocycles. The lowest BCUT2D eigenvalue weighted by Crippen LogP contribution is -2.46. The van der Waals surface area contributed by atoms with Gasteiger partial charge in [-0.15, -0.1) is 0 Å². The second-order valence-electron chi connectivity index (χ2n) is 8.21. The molecule has 156 valence electrons.